The fourth-order valence-corrected chi connectivity index (χ4v) is 3.91. The van der Waals surface area contributed by atoms with Gasteiger partial charge in [-0.25, -0.2) is 0 Å². The first kappa shape index (κ1) is 94.3. The van der Waals surface area contributed by atoms with Crippen molar-refractivity contribution in [2.24, 2.45) is 0 Å². The molecule has 0 rings (SSSR count). The van der Waals surface area contributed by atoms with E-state index in [1.165, 1.54) is 6.42 Å². The van der Waals surface area contributed by atoms with Gasteiger partial charge in [0, 0.05) is 60.0 Å². The summed E-state index contributed by atoms with van der Waals surface area (Å²) in [5.74, 6) is 0. The second kappa shape index (κ2) is 104. The summed E-state index contributed by atoms with van der Waals surface area (Å²) >= 11 is 0. The van der Waals surface area contributed by atoms with Crippen LogP contribution in [0.5, 0.6) is 0 Å². The van der Waals surface area contributed by atoms with Gasteiger partial charge < -0.3 is 71.1 Å². The van der Waals surface area contributed by atoms with Crippen LogP contribution in [0.25, 0.3) is 0 Å². The van der Waals surface area contributed by atoms with Gasteiger partial charge in [0.15, 0.2) is 0 Å². The molecule has 0 bridgehead atoms. The Hall–Kier alpha value is -0.600. The number of rotatable bonds is 47. The van der Waals surface area contributed by atoms with Gasteiger partial charge in [-0.1, -0.05) is 99.4 Å². The first-order valence-corrected chi connectivity index (χ1v) is 24.5. The third kappa shape index (κ3) is 128. The molecule has 0 saturated carbocycles. The van der Waals surface area contributed by atoms with Crippen LogP contribution in [0.4, 0.5) is 0 Å². The zero-order chi connectivity index (χ0) is 47.6. The Morgan fingerprint density at radius 3 is 0.638 bits per heavy atom. The highest BCUT2D eigenvalue weighted by atomic mass is 16.6. The second-order valence-electron chi connectivity index (χ2n) is 13.8. The van der Waals surface area contributed by atoms with Crippen molar-refractivity contribution in [3.63, 3.8) is 0 Å². The Morgan fingerprint density at radius 1 is 0.232 bits per heavy atom. The van der Waals surface area contributed by atoms with Crippen molar-refractivity contribution < 1.29 is 71.1 Å². The Bertz CT molecular complexity index is 632. The average molecular weight is 1020 g/mol. The molecule has 0 N–H and O–H groups in total. The van der Waals surface area contributed by atoms with Crippen molar-refractivity contribution in [3.05, 3.63) is 0 Å². The molecular formula is C54H130O15. The lowest BCUT2D eigenvalue weighted by atomic mass is 10.4. The fourth-order valence-electron chi connectivity index (χ4n) is 3.91. The van der Waals surface area contributed by atoms with E-state index in [2.05, 4.69) is 48.5 Å². The maximum absolute atomic E-state index is 5.34. The molecule has 0 aliphatic heterocycles. The van der Waals surface area contributed by atoms with Crippen LogP contribution in [-0.2, 0) is 71.1 Å². The van der Waals surface area contributed by atoms with Crippen molar-refractivity contribution in [2.45, 2.75) is 171 Å². The number of methoxy groups -OCH3 is 1. The Balaban J connectivity index is -0.0000000664. The minimum atomic E-state index is 0. The minimum absolute atomic E-state index is 0. The smallest absolute Gasteiger partial charge is 0.0703 e. The molecule has 436 valence electrons. The molecule has 0 amide bonds. The normalized spacial score (nSPS) is 9.74. The van der Waals surface area contributed by atoms with Crippen LogP contribution in [-0.4, -0.2) is 198 Å². The van der Waals surface area contributed by atoms with E-state index in [1.54, 1.807) is 7.11 Å². The fraction of sp³-hybridized carbons (Fsp3) is 1.00. The number of hydrogen-bond donors (Lipinski definition) is 0. The molecule has 15 nitrogen and oxygen atoms in total. The van der Waals surface area contributed by atoms with Crippen LogP contribution in [0.15, 0.2) is 0 Å². The van der Waals surface area contributed by atoms with Crippen LogP contribution in [0.1, 0.15) is 165 Å². The van der Waals surface area contributed by atoms with Gasteiger partial charge in [0.2, 0.25) is 0 Å². The molecule has 15 heteroatoms. The lowest BCUT2D eigenvalue weighted by molar-refractivity contribution is -0.00135. The van der Waals surface area contributed by atoms with Crippen LogP contribution >= 0.6 is 0 Å². The van der Waals surface area contributed by atoms with Gasteiger partial charge in [-0.05, 0) is 65.7 Å². The predicted octanol–water partition coefficient (Wildman–Crippen LogP) is 12.3. The van der Waals surface area contributed by atoms with Gasteiger partial charge >= 0.3 is 0 Å². The molecule has 0 aliphatic carbocycles. The van der Waals surface area contributed by atoms with Crippen LogP contribution in [0, 0.1) is 0 Å². The topological polar surface area (TPSA) is 138 Å². The van der Waals surface area contributed by atoms with E-state index in [4.69, 9.17) is 71.1 Å². The van der Waals surface area contributed by atoms with Gasteiger partial charge in [-0.2, -0.15) is 0 Å². The van der Waals surface area contributed by atoms with E-state index in [0.717, 1.165) is 97.8 Å². The first-order chi connectivity index (χ1) is 30.9. The Morgan fingerprint density at radius 2 is 0.435 bits per heavy atom. The van der Waals surface area contributed by atoms with Gasteiger partial charge in [0.1, 0.15) is 0 Å². The summed E-state index contributed by atoms with van der Waals surface area (Å²) in [6.07, 6.45) is 9.03. The molecule has 69 heavy (non-hydrogen) atoms. The highest BCUT2D eigenvalue weighted by Crippen LogP contribution is 1.90. The summed E-state index contributed by atoms with van der Waals surface area (Å²) in [4.78, 5) is 0. The van der Waals surface area contributed by atoms with Crippen molar-refractivity contribution in [1.82, 2.24) is 0 Å². The molecule has 0 aliphatic rings. The van der Waals surface area contributed by atoms with Crippen LogP contribution < -0.4 is 0 Å². The SMILES string of the molecule is C.C.C.C.C.C.CCCCOCCOCCOCCC.CCCOCCOCCOC.CCCOCCOCCOC(C)C.CCCOCCOCCOCC.CCCOCCOCCOCCC. The van der Waals surface area contributed by atoms with E-state index in [-0.39, 0.29) is 44.6 Å². The summed E-state index contributed by atoms with van der Waals surface area (Å²) in [6, 6.07) is 0. The second-order valence-corrected chi connectivity index (χ2v) is 13.8. The number of unbranched alkanes of at least 4 members (excludes halogenated alkanes) is 1. The van der Waals surface area contributed by atoms with Crippen molar-refractivity contribution in [2.75, 3.05) is 192 Å². The van der Waals surface area contributed by atoms with Crippen LogP contribution in [0.3, 0.4) is 0 Å². The third-order valence-electron chi connectivity index (χ3n) is 7.02. The summed E-state index contributed by atoms with van der Waals surface area (Å²) in [6.45, 7) is 40.9. The molecule has 0 fully saturated rings. The number of ether oxygens (including phenoxy) is 15. The number of hydrogen-bond acceptors (Lipinski definition) is 15. The minimum Gasteiger partial charge on any atom is -0.382 e. The highest BCUT2D eigenvalue weighted by molar-refractivity contribution is 4.39. The molecule has 0 heterocycles. The average Bonchev–Trinajstić information content (AvgIpc) is 3.29. The van der Waals surface area contributed by atoms with Crippen LogP contribution in [0.2, 0.25) is 0 Å². The summed E-state index contributed by atoms with van der Waals surface area (Å²) in [5, 5.41) is 0. The summed E-state index contributed by atoms with van der Waals surface area (Å²) in [7, 11) is 1.66. The molecule has 0 aromatic rings. The highest BCUT2D eigenvalue weighted by Gasteiger charge is 1.94. The van der Waals surface area contributed by atoms with Gasteiger partial charge in [-0.15, -0.1) is 0 Å². The molecule has 0 spiro atoms. The third-order valence-corrected chi connectivity index (χ3v) is 7.02. The van der Waals surface area contributed by atoms with Crippen molar-refractivity contribution in [3.8, 4) is 0 Å². The van der Waals surface area contributed by atoms with Gasteiger partial charge in [0.25, 0.3) is 0 Å². The van der Waals surface area contributed by atoms with E-state index < -0.39 is 0 Å². The lowest BCUT2D eigenvalue weighted by Gasteiger charge is -2.08. The lowest BCUT2D eigenvalue weighted by Crippen LogP contribution is -2.12. The van der Waals surface area contributed by atoms with E-state index in [9.17, 15) is 0 Å². The van der Waals surface area contributed by atoms with Crippen molar-refractivity contribution >= 4 is 0 Å². The molecular weight excluding hydrogens is 889 g/mol. The zero-order valence-electron chi connectivity index (χ0n) is 43.2. The standard InChI is InChI=1S/C11H24O3.2C10H22O3.C9H20O3.C8H18O3.6CH4/c1-3-5-7-13-9-11-14-10-8-12-6-4-2;1-4-5-11-6-7-12-8-9-13-10(2)3;1-3-5-11-7-9-13-10-8-12-6-4-2;1-3-5-11-8-9-12-7-6-10-4-2;1-3-4-10-7-8-11-6-5-9-2;;;;;;/h3-11H2,1-2H3;10H,4-9H2,1-3H3;3-10H2,1-2H3;3-9H2,1-2H3;3-8H2,1-2H3;6*1H4. The first-order valence-electron chi connectivity index (χ1n) is 24.5. The molecule has 0 unspecified atom stereocenters. The Kier molecular flexibility index (Phi) is 142. The van der Waals surface area contributed by atoms with Gasteiger partial charge in [0.05, 0.1) is 138 Å². The molecule has 0 saturated heterocycles. The maximum Gasteiger partial charge on any atom is 0.0703 e. The predicted molar refractivity (Wildman–Crippen MR) is 296 cm³/mol. The zero-order valence-corrected chi connectivity index (χ0v) is 43.2. The summed E-state index contributed by atoms with van der Waals surface area (Å²) in [5.41, 5.74) is 0. The largest absolute Gasteiger partial charge is 0.382 e. The quantitative estimate of drug-likeness (QED) is 0.0534. The Labute approximate surface area is 433 Å². The monoisotopic (exact) mass is 1020 g/mol. The molecule has 0 radical (unpaired) electrons. The van der Waals surface area contributed by atoms with Crippen molar-refractivity contribution in [1.29, 1.82) is 0 Å². The van der Waals surface area contributed by atoms with Gasteiger partial charge in [-0.3, -0.25) is 0 Å². The molecule has 0 aromatic heterocycles. The molecule has 0 aromatic carbocycles. The van der Waals surface area contributed by atoms with E-state index in [1.807, 2.05) is 20.8 Å². The summed E-state index contributed by atoms with van der Waals surface area (Å²) < 4.78 is 78.2. The molecule has 0 atom stereocenters. The van der Waals surface area contributed by atoms with E-state index in [0.29, 0.717) is 138 Å². The van der Waals surface area contributed by atoms with E-state index >= 15 is 0 Å². The maximum atomic E-state index is 5.34.